The van der Waals surface area contributed by atoms with Crippen molar-refractivity contribution in [2.45, 2.75) is 52.0 Å². The first-order valence-electron chi connectivity index (χ1n) is 7.91. The van der Waals surface area contributed by atoms with E-state index < -0.39 is 5.54 Å². The molecule has 3 nitrogen and oxygen atoms in total. The molecule has 0 amide bonds. The zero-order chi connectivity index (χ0) is 15.5. The lowest BCUT2D eigenvalue weighted by Crippen LogP contribution is -2.51. The molecule has 1 saturated carbocycles. The van der Waals surface area contributed by atoms with Crippen molar-refractivity contribution in [1.82, 2.24) is 0 Å². The number of carbonyl (C=O) groups is 1. The second kappa shape index (κ2) is 6.50. The van der Waals surface area contributed by atoms with Gasteiger partial charge in [0.1, 0.15) is 5.54 Å². The Hall–Kier alpha value is -1.51. The molecule has 0 heterocycles. The quantitative estimate of drug-likeness (QED) is 0.846. The zero-order valence-corrected chi connectivity index (χ0v) is 13.6. The molecule has 1 fully saturated rings. The SMILES string of the molecule is COC(=O)C1(Nc2ccccc2C)CCCC(C(C)C)C1. The van der Waals surface area contributed by atoms with Gasteiger partial charge in [0.2, 0.25) is 0 Å². The molecule has 0 radical (unpaired) electrons. The number of anilines is 1. The molecule has 1 aromatic rings. The molecule has 0 bridgehead atoms. The fraction of sp³-hybridized carbons (Fsp3) is 0.611. The van der Waals surface area contributed by atoms with Gasteiger partial charge in [-0.2, -0.15) is 0 Å². The smallest absolute Gasteiger partial charge is 0.331 e. The number of nitrogens with one attached hydrogen (secondary N) is 1. The molecular weight excluding hydrogens is 262 g/mol. The first-order valence-corrected chi connectivity index (χ1v) is 7.91. The summed E-state index contributed by atoms with van der Waals surface area (Å²) >= 11 is 0. The van der Waals surface area contributed by atoms with Crippen LogP contribution in [0.1, 0.15) is 45.1 Å². The van der Waals surface area contributed by atoms with Crippen LogP contribution in [0.15, 0.2) is 24.3 Å². The summed E-state index contributed by atoms with van der Waals surface area (Å²) in [6.07, 6.45) is 3.96. The Balaban J connectivity index is 2.29. The number of carbonyl (C=O) groups excluding carboxylic acids is 1. The summed E-state index contributed by atoms with van der Waals surface area (Å²) < 4.78 is 5.13. The molecule has 0 saturated heterocycles. The van der Waals surface area contributed by atoms with Gasteiger partial charge in [0.05, 0.1) is 7.11 Å². The van der Waals surface area contributed by atoms with Crippen molar-refractivity contribution in [1.29, 1.82) is 0 Å². The molecule has 116 valence electrons. The highest BCUT2D eigenvalue weighted by Gasteiger charge is 2.44. The molecular formula is C18H27NO2. The number of hydrogen-bond donors (Lipinski definition) is 1. The van der Waals surface area contributed by atoms with Crippen LogP contribution in [-0.4, -0.2) is 18.6 Å². The van der Waals surface area contributed by atoms with Crippen molar-refractivity contribution in [3.8, 4) is 0 Å². The lowest BCUT2D eigenvalue weighted by atomic mass is 9.71. The highest BCUT2D eigenvalue weighted by atomic mass is 16.5. The number of esters is 1. The van der Waals surface area contributed by atoms with Gasteiger partial charge in [-0.05, 0) is 49.7 Å². The predicted octanol–water partition coefficient (Wildman–Crippen LogP) is 4.16. The normalized spacial score (nSPS) is 25.7. The van der Waals surface area contributed by atoms with E-state index in [1.165, 1.54) is 13.5 Å². The van der Waals surface area contributed by atoms with E-state index in [9.17, 15) is 4.79 Å². The summed E-state index contributed by atoms with van der Waals surface area (Å²) in [4.78, 5) is 12.5. The van der Waals surface area contributed by atoms with Crippen LogP contribution in [-0.2, 0) is 9.53 Å². The number of hydrogen-bond acceptors (Lipinski definition) is 3. The van der Waals surface area contributed by atoms with Gasteiger partial charge in [-0.1, -0.05) is 38.5 Å². The van der Waals surface area contributed by atoms with Crippen LogP contribution in [0, 0.1) is 18.8 Å². The first kappa shape index (κ1) is 15.9. The average Bonchev–Trinajstić information content (AvgIpc) is 2.49. The van der Waals surface area contributed by atoms with Crippen LogP contribution in [0.2, 0.25) is 0 Å². The molecule has 0 aromatic heterocycles. The van der Waals surface area contributed by atoms with Crippen molar-refractivity contribution in [3.05, 3.63) is 29.8 Å². The van der Waals surface area contributed by atoms with Gasteiger partial charge in [-0.15, -0.1) is 0 Å². The van der Waals surface area contributed by atoms with Crippen molar-refractivity contribution >= 4 is 11.7 Å². The highest BCUT2D eigenvalue weighted by molar-refractivity contribution is 5.85. The summed E-state index contributed by atoms with van der Waals surface area (Å²) in [6, 6.07) is 8.13. The lowest BCUT2D eigenvalue weighted by Gasteiger charge is -2.41. The van der Waals surface area contributed by atoms with E-state index in [1.807, 2.05) is 18.2 Å². The van der Waals surface area contributed by atoms with Crippen LogP contribution in [0.4, 0.5) is 5.69 Å². The number of benzene rings is 1. The summed E-state index contributed by atoms with van der Waals surface area (Å²) in [6.45, 7) is 6.55. The molecule has 0 spiro atoms. The fourth-order valence-electron chi connectivity index (χ4n) is 3.40. The molecule has 1 aromatic carbocycles. The molecule has 3 heteroatoms. The second-order valence-electron chi connectivity index (χ2n) is 6.61. The maximum absolute atomic E-state index is 12.5. The van der Waals surface area contributed by atoms with Gasteiger partial charge in [0.25, 0.3) is 0 Å². The van der Waals surface area contributed by atoms with E-state index >= 15 is 0 Å². The van der Waals surface area contributed by atoms with Gasteiger partial charge < -0.3 is 10.1 Å². The van der Waals surface area contributed by atoms with Crippen molar-refractivity contribution in [2.24, 2.45) is 11.8 Å². The Morgan fingerprint density at radius 1 is 1.38 bits per heavy atom. The Morgan fingerprint density at radius 2 is 2.10 bits per heavy atom. The van der Waals surface area contributed by atoms with E-state index in [0.717, 1.165) is 30.5 Å². The third kappa shape index (κ3) is 3.39. The van der Waals surface area contributed by atoms with E-state index in [4.69, 9.17) is 4.74 Å². The van der Waals surface area contributed by atoms with Crippen molar-refractivity contribution in [3.63, 3.8) is 0 Å². The standard InChI is InChI=1S/C18H27NO2/c1-13(2)15-9-7-11-18(12-15,17(20)21-4)19-16-10-6-5-8-14(16)3/h5-6,8,10,13,15,19H,7,9,11-12H2,1-4H3. The van der Waals surface area contributed by atoms with Gasteiger partial charge in [-0.3, -0.25) is 0 Å². The van der Waals surface area contributed by atoms with Crippen molar-refractivity contribution in [2.75, 3.05) is 12.4 Å². The van der Waals surface area contributed by atoms with Crippen LogP contribution < -0.4 is 5.32 Å². The van der Waals surface area contributed by atoms with Crippen LogP contribution >= 0.6 is 0 Å². The van der Waals surface area contributed by atoms with Crippen molar-refractivity contribution < 1.29 is 9.53 Å². The van der Waals surface area contributed by atoms with E-state index in [-0.39, 0.29) is 5.97 Å². The summed E-state index contributed by atoms with van der Waals surface area (Å²) in [5.74, 6) is 1.03. The molecule has 1 aliphatic rings. The predicted molar refractivity (Wildman–Crippen MR) is 86.3 cm³/mol. The molecule has 2 rings (SSSR count). The van der Waals surface area contributed by atoms with Crippen LogP contribution in [0.25, 0.3) is 0 Å². The van der Waals surface area contributed by atoms with Gasteiger partial charge in [0, 0.05) is 5.69 Å². The topological polar surface area (TPSA) is 38.3 Å². The minimum Gasteiger partial charge on any atom is -0.467 e. The molecule has 2 atom stereocenters. The lowest BCUT2D eigenvalue weighted by molar-refractivity contribution is -0.148. The van der Waals surface area contributed by atoms with Gasteiger partial charge in [0.15, 0.2) is 0 Å². The van der Waals surface area contributed by atoms with E-state index in [0.29, 0.717) is 11.8 Å². The first-order chi connectivity index (χ1) is 9.98. The Bertz CT molecular complexity index is 498. The molecule has 1 N–H and O–H groups in total. The minimum atomic E-state index is -0.575. The number of ether oxygens (including phenoxy) is 1. The summed E-state index contributed by atoms with van der Waals surface area (Å²) in [5.41, 5.74) is 1.62. The highest BCUT2D eigenvalue weighted by Crippen LogP contribution is 2.39. The number of methoxy groups -OCH3 is 1. The molecule has 0 aliphatic heterocycles. The fourth-order valence-corrected chi connectivity index (χ4v) is 3.40. The zero-order valence-electron chi connectivity index (χ0n) is 13.6. The largest absolute Gasteiger partial charge is 0.467 e. The van der Waals surface area contributed by atoms with Gasteiger partial charge >= 0.3 is 5.97 Å². The van der Waals surface area contributed by atoms with E-state index in [2.05, 4.69) is 32.2 Å². The Kier molecular flexibility index (Phi) is 4.92. The molecule has 21 heavy (non-hydrogen) atoms. The maximum Gasteiger partial charge on any atom is 0.331 e. The number of rotatable bonds is 4. The monoisotopic (exact) mass is 289 g/mol. The Labute approximate surface area is 128 Å². The van der Waals surface area contributed by atoms with Crippen LogP contribution in [0.3, 0.4) is 0 Å². The van der Waals surface area contributed by atoms with Crippen LogP contribution in [0.5, 0.6) is 0 Å². The maximum atomic E-state index is 12.5. The molecule has 2 unspecified atom stereocenters. The van der Waals surface area contributed by atoms with E-state index in [1.54, 1.807) is 0 Å². The Morgan fingerprint density at radius 3 is 2.71 bits per heavy atom. The summed E-state index contributed by atoms with van der Waals surface area (Å²) in [5, 5.41) is 3.52. The second-order valence-corrected chi connectivity index (χ2v) is 6.61. The third-order valence-corrected chi connectivity index (χ3v) is 4.83. The number of aryl methyl sites for hydroxylation is 1. The molecule has 1 aliphatic carbocycles. The van der Waals surface area contributed by atoms with Gasteiger partial charge in [-0.25, -0.2) is 4.79 Å². The summed E-state index contributed by atoms with van der Waals surface area (Å²) in [7, 11) is 1.49. The number of para-hydroxylation sites is 1. The third-order valence-electron chi connectivity index (χ3n) is 4.83. The minimum absolute atomic E-state index is 0.129. The average molecular weight is 289 g/mol.